The van der Waals surface area contributed by atoms with Gasteiger partial charge in [0, 0.05) is 104 Å². The van der Waals surface area contributed by atoms with Gasteiger partial charge >= 0.3 is 24.4 Å². The zero-order valence-electron chi connectivity index (χ0n) is 67.9. The van der Waals surface area contributed by atoms with Gasteiger partial charge in [0.2, 0.25) is 23.6 Å². The number of nitrogens with one attached hydrogen (secondary N) is 8. The highest BCUT2D eigenvalue weighted by molar-refractivity contribution is 5.77. The standard InChI is InChI=1S/C73H140N8O28.3CH4/c1-69(2,3)106-65(86)78-25-37-98-45-41-94-33-17-61(82)74-21-13-29-90-49-53-102-57-73(58-103-54-50-91-30-14-22-75-62(83)18-34-95-42-46-99-38-26-79-66(87)107-70(4,5)6,59-104-55-51-92-31-15-23-76-63(84)19-35-96-43-47-100-39-27-80-67(88)108-71(7,8)9)60-105-56-52-93-32-16-24-77-64(85)20-36-97-44-48-101-40-28-81-68(89)109-72(10,11)12;;;/h13-60H2,1-12H3,(H,74,82)(H,75,83)(H,76,84)(H,77,85)(H,78,86)(H,79,87)(H,80,88)(H,81,89);3*1H4. The number of amides is 8. The Kier molecular flexibility index (Phi) is 74.6. The van der Waals surface area contributed by atoms with E-state index in [1.807, 2.05) is 0 Å². The van der Waals surface area contributed by atoms with E-state index in [-0.39, 0.29) is 177 Å². The fourth-order valence-electron chi connectivity index (χ4n) is 8.35. The molecule has 0 bridgehead atoms. The summed E-state index contributed by atoms with van der Waals surface area (Å²) in [7, 11) is 0. The van der Waals surface area contributed by atoms with Crippen LogP contribution < -0.4 is 42.5 Å². The molecule has 0 fully saturated rings. The van der Waals surface area contributed by atoms with Gasteiger partial charge in [-0.25, -0.2) is 19.2 Å². The van der Waals surface area contributed by atoms with Gasteiger partial charge in [0.25, 0.3) is 0 Å². The third-order valence-corrected chi connectivity index (χ3v) is 13.3. The van der Waals surface area contributed by atoms with Crippen molar-refractivity contribution in [3.63, 3.8) is 0 Å². The average molecular weight is 1630 g/mol. The van der Waals surface area contributed by atoms with Crippen molar-refractivity contribution in [3.8, 4) is 0 Å². The van der Waals surface area contributed by atoms with Crippen LogP contribution in [0.25, 0.3) is 0 Å². The van der Waals surface area contributed by atoms with Gasteiger partial charge in [0.1, 0.15) is 22.4 Å². The van der Waals surface area contributed by atoms with Crippen molar-refractivity contribution in [2.45, 2.75) is 179 Å². The molecular weight excluding hydrogens is 1470 g/mol. The highest BCUT2D eigenvalue weighted by Crippen LogP contribution is 2.21. The Hall–Kier alpha value is -5.68. The smallest absolute Gasteiger partial charge is 0.407 e. The molecule has 0 saturated heterocycles. The summed E-state index contributed by atoms with van der Waals surface area (Å²) in [6.07, 6.45) is 0.936. The number of hydrogen-bond acceptors (Lipinski definition) is 28. The zero-order chi connectivity index (χ0) is 80.9. The molecule has 0 unspecified atom stereocenters. The van der Waals surface area contributed by atoms with Crippen LogP contribution in [0.15, 0.2) is 0 Å². The molecule has 0 rings (SSSR count). The Morgan fingerprint density at radius 2 is 0.357 bits per heavy atom. The van der Waals surface area contributed by atoms with Crippen molar-refractivity contribution in [3.05, 3.63) is 0 Å². The van der Waals surface area contributed by atoms with Crippen molar-refractivity contribution < 1.29 is 133 Å². The quantitative estimate of drug-likeness (QED) is 0.0262. The van der Waals surface area contributed by atoms with E-state index in [2.05, 4.69) is 42.5 Å². The third-order valence-electron chi connectivity index (χ3n) is 13.3. The molecule has 0 aromatic carbocycles. The maximum Gasteiger partial charge on any atom is 0.407 e. The molecule has 0 aliphatic rings. The van der Waals surface area contributed by atoms with E-state index in [0.717, 1.165) is 0 Å². The van der Waals surface area contributed by atoms with E-state index in [9.17, 15) is 38.4 Å². The summed E-state index contributed by atoms with van der Waals surface area (Å²) >= 11 is 0. The van der Waals surface area contributed by atoms with Crippen LogP contribution in [0.1, 0.15) is 157 Å². The molecule has 8 amide bonds. The van der Waals surface area contributed by atoms with Crippen LogP contribution in [0.5, 0.6) is 0 Å². The van der Waals surface area contributed by atoms with Crippen molar-refractivity contribution in [2.24, 2.45) is 5.41 Å². The fraction of sp³-hybridized carbons (Fsp3) is 0.895. The van der Waals surface area contributed by atoms with Gasteiger partial charge in [-0.3, -0.25) is 19.2 Å². The Labute approximate surface area is 669 Å². The van der Waals surface area contributed by atoms with Crippen molar-refractivity contribution in [2.75, 3.05) is 264 Å². The number of alkyl carbamates (subject to hydrolysis) is 4. The lowest BCUT2D eigenvalue weighted by Crippen LogP contribution is -2.43. The Bertz CT molecular complexity index is 1990. The summed E-state index contributed by atoms with van der Waals surface area (Å²) in [6.45, 7) is 32.8. The lowest BCUT2D eigenvalue weighted by molar-refractivity contribution is -0.123. The summed E-state index contributed by atoms with van der Waals surface area (Å²) in [4.78, 5) is 96.7. The lowest BCUT2D eigenvalue weighted by Gasteiger charge is -2.33. The second kappa shape index (κ2) is 74.2. The third kappa shape index (κ3) is 85.2. The van der Waals surface area contributed by atoms with Crippen molar-refractivity contribution in [1.82, 2.24) is 42.5 Å². The lowest BCUT2D eigenvalue weighted by atomic mass is 9.92. The molecule has 8 N–H and O–H groups in total. The summed E-state index contributed by atoms with van der Waals surface area (Å²) in [5, 5.41) is 22.0. The Balaban J connectivity index is -0.0000194. The first-order valence-electron chi connectivity index (χ1n) is 38.2. The molecule has 0 aliphatic carbocycles. The predicted molar refractivity (Wildman–Crippen MR) is 422 cm³/mol. The molecule has 0 aliphatic heterocycles. The summed E-state index contributed by atoms with van der Waals surface area (Å²) in [5.41, 5.74) is -3.17. The SMILES string of the molecule is C.C.C.CC(C)(C)OC(=O)NCCOCCOCCC(=O)NCCCOCCOCC(COCCOCCCNC(=O)CCOCCOCCNC(=O)OC(C)(C)C)(COCCOCCCNC(=O)CCOCCOCCNC(=O)OC(C)(C)C)COCCOCCCNC(=O)CCOCCOCCNC(=O)OC(C)(C)C. The van der Waals surface area contributed by atoms with Gasteiger partial charge in [-0.1, -0.05) is 22.3 Å². The first-order valence-corrected chi connectivity index (χ1v) is 38.2. The Morgan fingerprint density at radius 1 is 0.196 bits per heavy atom. The zero-order valence-corrected chi connectivity index (χ0v) is 67.9. The predicted octanol–water partition coefficient (Wildman–Crippen LogP) is 5.83. The minimum Gasteiger partial charge on any atom is -0.444 e. The number of carbonyl (C=O) groups is 8. The largest absolute Gasteiger partial charge is 0.444 e. The number of carbonyl (C=O) groups excluding carboxylic acids is 8. The highest BCUT2D eigenvalue weighted by atomic mass is 16.6. The van der Waals surface area contributed by atoms with Crippen molar-refractivity contribution in [1.29, 1.82) is 0 Å². The number of ether oxygens (including phenoxy) is 20. The summed E-state index contributed by atoms with van der Waals surface area (Å²) < 4.78 is 113. The van der Waals surface area contributed by atoms with Crippen LogP contribution in [-0.4, -0.2) is 334 Å². The highest BCUT2D eigenvalue weighted by Gasteiger charge is 2.33. The minimum atomic E-state index is -0.827. The van der Waals surface area contributed by atoms with Crippen LogP contribution in [0.2, 0.25) is 0 Å². The molecule has 0 saturated carbocycles. The van der Waals surface area contributed by atoms with Crippen molar-refractivity contribution >= 4 is 48.0 Å². The van der Waals surface area contributed by atoms with E-state index >= 15 is 0 Å². The van der Waals surface area contributed by atoms with Crippen LogP contribution in [0.3, 0.4) is 0 Å². The Morgan fingerprint density at radius 3 is 0.536 bits per heavy atom. The molecule has 112 heavy (non-hydrogen) atoms. The molecule has 0 heterocycles. The van der Waals surface area contributed by atoms with Gasteiger partial charge in [0.15, 0.2) is 0 Å². The van der Waals surface area contributed by atoms with E-state index in [4.69, 9.17) is 94.7 Å². The first-order chi connectivity index (χ1) is 52.0. The van der Waals surface area contributed by atoms with Gasteiger partial charge in [-0.05, 0) is 109 Å². The maximum atomic E-state index is 12.4. The fourth-order valence-corrected chi connectivity index (χ4v) is 8.35. The monoisotopic (exact) mass is 1630 g/mol. The number of hydrogen-bond donors (Lipinski definition) is 8. The normalized spacial score (nSPS) is 11.6. The van der Waals surface area contributed by atoms with Gasteiger partial charge in [-0.15, -0.1) is 0 Å². The molecular formula is C76H152N8O28. The van der Waals surface area contributed by atoms with Crippen LogP contribution in [-0.2, 0) is 114 Å². The minimum absolute atomic E-state index is 0. The second-order valence-electron chi connectivity index (χ2n) is 28.6. The van der Waals surface area contributed by atoms with E-state index in [0.29, 0.717) is 184 Å². The summed E-state index contributed by atoms with van der Waals surface area (Å²) in [5.74, 6) is -0.626. The second-order valence-corrected chi connectivity index (χ2v) is 28.6. The molecule has 0 aromatic heterocycles. The van der Waals surface area contributed by atoms with Gasteiger partial charge in [-0.2, -0.15) is 0 Å². The van der Waals surface area contributed by atoms with Gasteiger partial charge in [0.05, 0.1) is 190 Å². The summed E-state index contributed by atoms with van der Waals surface area (Å²) in [6, 6.07) is 0. The molecule has 0 radical (unpaired) electrons. The molecule has 0 aromatic rings. The van der Waals surface area contributed by atoms with E-state index in [1.165, 1.54) is 0 Å². The first kappa shape index (κ1) is 113. The van der Waals surface area contributed by atoms with Gasteiger partial charge < -0.3 is 137 Å². The maximum absolute atomic E-state index is 12.4. The molecule has 36 nitrogen and oxygen atoms in total. The van der Waals surface area contributed by atoms with Crippen LogP contribution in [0, 0.1) is 5.41 Å². The molecule has 0 spiro atoms. The topological polar surface area (TPSA) is 417 Å². The average Bonchev–Trinajstić information content (AvgIpc) is 0.867. The molecule has 664 valence electrons. The van der Waals surface area contributed by atoms with E-state index in [1.54, 1.807) is 83.1 Å². The molecule has 0 atom stereocenters. The van der Waals surface area contributed by atoms with Crippen LogP contribution >= 0.6 is 0 Å². The van der Waals surface area contributed by atoms with Crippen LogP contribution in [0.4, 0.5) is 19.2 Å². The molecule has 36 heteroatoms. The van der Waals surface area contributed by atoms with E-state index < -0.39 is 52.2 Å². The number of rotatable bonds is 72.